The van der Waals surface area contributed by atoms with Gasteiger partial charge in [0.1, 0.15) is 5.75 Å². The summed E-state index contributed by atoms with van der Waals surface area (Å²) in [5.74, 6) is 2.90. The van der Waals surface area contributed by atoms with E-state index in [0.717, 1.165) is 17.3 Å². The van der Waals surface area contributed by atoms with Crippen molar-refractivity contribution in [3.05, 3.63) is 54.1 Å². The summed E-state index contributed by atoms with van der Waals surface area (Å²) in [5.41, 5.74) is 1.13. The van der Waals surface area contributed by atoms with Gasteiger partial charge in [-0.1, -0.05) is 24.3 Å². The van der Waals surface area contributed by atoms with E-state index in [4.69, 9.17) is 14.2 Å². The molecule has 0 bridgehead atoms. The quantitative estimate of drug-likeness (QED) is 0.438. The Morgan fingerprint density at radius 1 is 0.960 bits per heavy atom. The maximum atomic E-state index is 5.87. The molecular weight excluding hydrogens is 318 g/mol. The first-order valence-corrected chi connectivity index (χ1v) is 8.10. The molecule has 0 saturated heterocycles. The van der Waals surface area contributed by atoms with E-state index in [0.29, 0.717) is 31.2 Å². The van der Waals surface area contributed by atoms with Gasteiger partial charge in [0, 0.05) is 27.2 Å². The monoisotopic (exact) mass is 343 g/mol. The van der Waals surface area contributed by atoms with Crippen LogP contribution in [0.3, 0.4) is 0 Å². The van der Waals surface area contributed by atoms with Gasteiger partial charge >= 0.3 is 0 Å². The molecule has 0 heterocycles. The second kappa shape index (κ2) is 10.2. The fourth-order valence-electron chi connectivity index (χ4n) is 2.18. The molecule has 0 atom stereocenters. The average Bonchev–Trinajstić information content (AvgIpc) is 2.66. The van der Waals surface area contributed by atoms with Gasteiger partial charge in [0.05, 0.1) is 13.7 Å². The van der Waals surface area contributed by atoms with Crippen LogP contribution < -0.4 is 20.1 Å². The van der Waals surface area contributed by atoms with E-state index in [1.165, 1.54) is 0 Å². The van der Waals surface area contributed by atoms with Crippen LogP contribution in [0.4, 0.5) is 0 Å². The summed E-state index contributed by atoms with van der Waals surface area (Å²) in [6, 6.07) is 15.5. The van der Waals surface area contributed by atoms with E-state index in [1.54, 1.807) is 21.3 Å². The summed E-state index contributed by atoms with van der Waals surface area (Å²) < 4.78 is 16.2. The first-order chi connectivity index (χ1) is 12.3. The smallest absolute Gasteiger partial charge is 0.191 e. The zero-order valence-corrected chi connectivity index (χ0v) is 14.9. The predicted molar refractivity (Wildman–Crippen MR) is 99.6 cm³/mol. The third-order valence-electron chi connectivity index (χ3n) is 3.50. The molecule has 0 aliphatic carbocycles. The highest BCUT2D eigenvalue weighted by Gasteiger charge is 2.04. The van der Waals surface area contributed by atoms with Crippen LogP contribution in [-0.2, 0) is 11.3 Å². The highest BCUT2D eigenvalue weighted by molar-refractivity contribution is 5.79. The number of ether oxygens (including phenoxy) is 3. The minimum atomic E-state index is 0.635. The minimum Gasteiger partial charge on any atom is -0.493 e. The minimum absolute atomic E-state index is 0.635. The van der Waals surface area contributed by atoms with E-state index < -0.39 is 0 Å². The molecule has 2 N–H and O–H groups in total. The molecule has 25 heavy (non-hydrogen) atoms. The predicted octanol–water partition coefficient (Wildman–Crippen LogP) is 2.80. The maximum absolute atomic E-state index is 5.87. The Morgan fingerprint density at radius 3 is 2.32 bits per heavy atom. The van der Waals surface area contributed by atoms with Crippen LogP contribution in [-0.4, -0.2) is 40.4 Å². The second-order valence-electron chi connectivity index (χ2n) is 5.24. The van der Waals surface area contributed by atoms with Crippen LogP contribution in [0, 0.1) is 0 Å². The molecule has 6 nitrogen and oxygen atoms in total. The number of hydrogen-bond acceptors (Lipinski definition) is 4. The molecule has 6 heteroatoms. The van der Waals surface area contributed by atoms with Crippen molar-refractivity contribution in [2.75, 3.05) is 34.4 Å². The lowest BCUT2D eigenvalue weighted by Crippen LogP contribution is -2.38. The van der Waals surface area contributed by atoms with Crippen LogP contribution in [0.25, 0.3) is 0 Å². The number of para-hydroxylation sites is 2. The van der Waals surface area contributed by atoms with Gasteiger partial charge in [-0.3, -0.25) is 4.99 Å². The van der Waals surface area contributed by atoms with Crippen LogP contribution in [0.2, 0.25) is 0 Å². The molecule has 0 aliphatic heterocycles. The number of rotatable bonds is 8. The van der Waals surface area contributed by atoms with Crippen molar-refractivity contribution in [1.82, 2.24) is 10.6 Å². The Hall–Kier alpha value is -2.73. The fraction of sp³-hybridized carbons (Fsp3) is 0.316. The van der Waals surface area contributed by atoms with Crippen molar-refractivity contribution >= 4 is 5.96 Å². The van der Waals surface area contributed by atoms with Gasteiger partial charge in [0.15, 0.2) is 17.5 Å². The number of nitrogens with zero attached hydrogens (tertiary/aromatic N) is 1. The molecule has 2 aromatic carbocycles. The Bertz CT molecular complexity index is 672. The number of benzene rings is 2. The largest absolute Gasteiger partial charge is 0.493 e. The Kier molecular flexibility index (Phi) is 7.59. The average molecular weight is 343 g/mol. The van der Waals surface area contributed by atoms with Crippen molar-refractivity contribution in [1.29, 1.82) is 0 Å². The van der Waals surface area contributed by atoms with Gasteiger partial charge in [0.25, 0.3) is 0 Å². The highest BCUT2D eigenvalue weighted by Crippen LogP contribution is 2.30. The van der Waals surface area contributed by atoms with Crippen molar-refractivity contribution in [3.8, 4) is 17.2 Å². The molecule has 0 amide bonds. The Labute approximate surface area is 148 Å². The summed E-state index contributed by atoms with van der Waals surface area (Å²) in [4.78, 5) is 4.17. The summed E-state index contributed by atoms with van der Waals surface area (Å²) in [7, 11) is 5.04. The lowest BCUT2D eigenvalue weighted by Gasteiger charge is -2.12. The third-order valence-corrected chi connectivity index (χ3v) is 3.50. The van der Waals surface area contributed by atoms with Gasteiger partial charge < -0.3 is 24.8 Å². The first-order valence-electron chi connectivity index (χ1n) is 8.10. The lowest BCUT2D eigenvalue weighted by atomic mass is 10.2. The van der Waals surface area contributed by atoms with Gasteiger partial charge in [-0.15, -0.1) is 0 Å². The standard InChI is InChI=1S/C19H25N3O3/c1-20-19(21-12-13-23-2)22-14-15-8-10-16(11-9-15)25-18-7-5-4-6-17(18)24-3/h4-11H,12-14H2,1-3H3,(H2,20,21,22). The van der Waals surface area contributed by atoms with Crippen LogP contribution in [0.5, 0.6) is 17.2 Å². The fourth-order valence-corrected chi connectivity index (χ4v) is 2.18. The summed E-state index contributed by atoms with van der Waals surface area (Å²) in [6.07, 6.45) is 0. The SMILES string of the molecule is CN=C(NCCOC)NCc1ccc(Oc2ccccc2OC)cc1. The van der Waals surface area contributed by atoms with E-state index in [9.17, 15) is 0 Å². The number of methoxy groups -OCH3 is 2. The normalized spacial score (nSPS) is 11.1. The summed E-state index contributed by atoms with van der Waals surface area (Å²) in [5, 5.41) is 6.43. The molecule has 0 saturated carbocycles. The van der Waals surface area contributed by atoms with Gasteiger partial charge in [-0.2, -0.15) is 0 Å². The number of aliphatic imine (C=N–C) groups is 1. The van der Waals surface area contributed by atoms with Crippen molar-refractivity contribution in [2.24, 2.45) is 4.99 Å². The van der Waals surface area contributed by atoms with Crippen LogP contribution >= 0.6 is 0 Å². The number of hydrogen-bond donors (Lipinski definition) is 2. The molecule has 0 aromatic heterocycles. The van der Waals surface area contributed by atoms with Crippen molar-refractivity contribution in [3.63, 3.8) is 0 Å². The highest BCUT2D eigenvalue weighted by atomic mass is 16.5. The van der Waals surface area contributed by atoms with Crippen molar-refractivity contribution in [2.45, 2.75) is 6.54 Å². The lowest BCUT2D eigenvalue weighted by molar-refractivity contribution is 0.203. The number of nitrogens with one attached hydrogen (secondary N) is 2. The second-order valence-corrected chi connectivity index (χ2v) is 5.24. The topological polar surface area (TPSA) is 64.1 Å². The molecule has 0 aliphatic rings. The summed E-state index contributed by atoms with van der Waals surface area (Å²) >= 11 is 0. The maximum Gasteiger partial charge on any atom is 0.191 e. The third kappa shape index (κ3) is 6.00. The zero-order valence-electron chi connectivity index (χ0n) is 14.9. The number of guanidine groups is 1. The van der Waals surface area contributed by atoms with E-state index >= 15 is 0 Å². The van der Waals surface area contributed by atoms with Gasteiger partial charge in [-0.05, 0) is 29.8 Å². The molecule has 0 spiro atoms. The Balaban J connectivity index is 1.89. The van der Waals surface area contributed by atoms with E-state index in [2.05, 4.69) is 15.6 Å². The molecule has 134 valence electrons. The van der Waals surface area contributed by atoms with Crippen LogP contribution in [0.1, 0.15) is 5.56 Å². The van der Waals surface area contributed by atoms with Gasteiger partial charge in [-0.25, -0.2) is 0 Å². The Morgan fingerprint density at radius 2 is 1.68 bits per heavy atom. The van der Waals surface area contributed by atoms with Crippen molar-refractivity contribution < 1.29 is 14.2 Å². The molecule has 0 unspecified atom stereocenters. The molecule has 0 fully saturated rings. The van der Waals surface area contributed by atoms with E-state index in [1.807, 2.05) is 48.5 Å². The van der Waals surface area contributed by atoms with E-state index in [-0.39, 0.29) is 0 Å². The van der Waals surface area contributed by atoms with Gasteiger partial charge in [0.2, 0.25) is 0 Å². The molecule has 2 aromatic rings. The summed E-state index contributed by atoms with van der Waals surface area (Å²) in [6.45, 7) is 2.01. The zero-order chi connectivity index (χ0) is 17.9. The molecule has 2 rings (SSSR count). The van der Waals surface area contributed by atoms with Crippen LogP contribution in [0.15, 0.2) is 53.5 Å². The molecular formula is C19H25N3O3. The molecule has 0 radical (unpaired) electrons. The first kappa shape index (κ1) is 18.6.